The van der Waals surface area contributed by atoms with Crippen molar-refractivity contribution < 1.29 is 13.9 Å². The lowest BCUT2D eigenvalue weighted by atomic mass is 10.1. The maximum absolute atomic E-state index is 12.7. The quantitative estimate of drug-likeness (QED) is 0.780. The van der Waals surface area contributed by atoms with Crippen LogP contribution in [0.4, 0.5) is 0 Å². The summed E-state index contributed by atoms with van der Waals surface area (Å²) in [5.74, 6) is 1.65. The molecule has 24 heavy (non-hydrogen) atoms. The van der Waals surface area contributed by atoms with E-state index < -0.39 is 6.10 Å². The van der Waals surface area contributed by atoms with Gasteiger partial charge in [-0.1, -0.05) is 19.1 Å². The van der Waals surface area contributed by atoms with Crippen molar-refractivity contribution in [1.29, 1.82) is 0 Å². The monoisotopic (exact) mass is 331 g/mol. The van der Waals surface area contributed by atoms with E-state index in [1.165, 1.54) is 0 Å². The van der Waals surface area contributed by atoms with Crippen molar-refractivity contribution >= 4 is 5.91 Å². The van der Waals surface area contributed by atoms with Crippen molar-refractivity contribution in [3.05, 3.63) is 41.1 Å². The third-order valence-electron chi connectivity index (χ3n) is 3.83. The standard InChI is InChI=1S/C18H25N3O3/c1-6-16-19-20-17(24-16)11-21(7-2)18(22)14(5)23-15-10-12(3)8-9-13(15)4/h8-10,14H,6-7,11H2,1-5H3/t14-/m0/s1. The molecule has 0 bridgehead atoms. The van der Waals surface area contributed by atoms with E-state index in [-0.39, 0.29) is 5.91 Å². The number of aryl methyl sites for hydroxylation is 3. The van der Waals surface area contributed by atoms with Gasteiger partial charge in [-0.2, -0.15) is 0 Å². The second-order valence-electron chi connectivity index (χ2n) is 5.82. The average molecular weight is 331 g/mol. The van der Waals surface area contributed by atoms with Gasteiger partial charge < -0.3 is 14.1 Å². The number of benzene rings is 1. The number of hydrogen-bond donors (Lipinski definition) is 0. The number of aromatic nitrogens is 2. The molecule has 0 saturated heterocycles. The van der Waals surface area contributed by atoms with E-state index in [1.54, 1.807) is 11.8 Å². The Morgan fingerprint density at radius 2 is 1.96 bits per heavy atom. The molecule has 1 aromatic heterocycles. The Balaban J connectivity index is 2.05. The first-order chi connectivity index (χ1) is 11.4. The van der Waals surface area contributed by atoms with Crippen molar-refractivity contribution in [1.82, 2.24) is 15.1 Å². The third-order valence-corrected chi connectivity index (χ3v) is 3.83. The zero-order valence-corrected chi connectivity index (χ0v) is 15.0. The van der Waals surface area contributed by atoms with Gasteiger partial charge in [-0.25, -0.2) is 0 Å². The largest absolute Gasteiger partial charge is 0.481 e. The van der Waals surface area contributed by atoms with E-state index in [1.807, 2.05) is 45.9 Å². The summed E-state index contributed by atoms with van der Waals surface area (Å²) in [7, 11) is 0. The minimum absolute atomic E-state index is 0.102. The Kier molecular flexibility index (Phi) is 5.95. The Morgan fingerprint density at radius 3 is 2.58 bits per heavy atom. The molecule has 1 amide bonds. The summed E-state index contributed by atoms with van der Waals surface area (Å²) in [6, 6.07) is 5.96. The molecule has 0 aliphatic carbocycles. The van der Waals surface area contributed by atoms with Gasteiger partial charge in [0.05, 0.1) is 6.54 Å². The molecule has 6 nitrogen and oxygen atoms in total. The number of carbonyl (C=O) groups is 1. The number of ether oxygens (including phenoxy) is 1. The molecule has 0 aliphatic heterocycles. The molecule has 0 radical (unpaired) electrons. The van der Waals surface area contributed by atoms with Gasteiger partial charge in [-0.3, -0.25) is 4.79 Å². The predicted octanol–water partition coefficient (Wildman–Crippen LogP) is 3.06. The maximum atomic E-state index is 12.7. The first-order valence-electron chi connectivity index (χ1n) is 8.28. The summed E-state index contributed by atoms with van der Waals surface area (Å²) in [4.78, 5) is 14.3. The Bertz CT molecular complexity index is 697. The summed E-state index contributed by atoms with van der Waals surface area (Å²) in [5.41, 5.74) is 2.10. The molecular weight excluding hydrogens is 306 g/mol. The average Bonchev–Trinajstić information content (AvgIpc) is 3.03. The second-order valence-corrected chi connectivity index (χ2v) is 5.82. The lowest BCUT2D eigenvalue weighted by Crippen LogP contribution is -2.40. The van der Waals surface area contributed by atoms with E-state index in [4.69, 9.17) is 9.15 Å². The molecule has 0 fully saturated rings. The van der Waals surface area contributed by atoms with Crippen LogP contribution < -0.4 is 4.74 Å². The topological polar surface area (TPSA) is 68.5 Å². The summed E-state index contributed by atoms with van der Waals surface area (Å²) in [6.07, 6.45) is 0.0955. The van der Waals surface area contributed by atoms with Gasteiger partial charge in [0.2, 0.25) is 11.8 Å². The molecule has 1 atom stereocenters. The minimum Gasteiger partial charge on any atom is -0.481 e. The molecular formula is C18H25N3O3. The molecule has 130 valence electrons. The highest BCUT2D eigenvalue weighted by Gasteiger charge is 2.23. The normalized spacial score (nSPS) is 12.0. The highest BCUT2D eigenvalue weighted by Crippen LogP contribution is 2.21. The third kappa shape index (κ3) is 4.34. The lowest BCUT2D eigenvalue weighted by Gasteiger charge is -2.24. The first-order valence-corrected chi connectivity index (χ1v) is 8.28. The van der Waals surface area contributed by atoms with E-state index in [0.29, 0.717) is 31.3 Å². The first kappa shape index (κ1) is 18.0. The maximum Gasteiger partial charge on any atom is 0.263 e. The van der Waals surface area contributed by atoms with E-state index in [2.05, 4.69) is 10.2 Å². The minimum atomic E-state index is -0.584. The van der Waals surface area contributed by atoms with Crippen LogP contribution in [-0.2, 0) is 17.8 Å². The number of carbonyl (C=O) groups excluding carboxylic acids is 1. The fraction of sp³-hybridized carbons (Fsp3) is 0.500. The van der Waals surface area contributed by atoms with E-state index in [9.17, 15) is 4.79 Å². The van der Waals surface area contributed by atoms with Crippen LogP contribution in [0, 0.1) is 13.8 Å². The number of nitrogens with zero attached hydrogens (tertiary/aromatic N) is 3. The Labute approximate surface area is 142 Å². The van der Waals surface area contributed by atoms with Crippen molar-refractivity contribution in [3.8, 4) is 5.75 Å². The van der Waals surface area contributed by atoms with Crippen LogP contribution in [-0.4, -0.2) is 33.7 Å². The van der Waals surface area contributed by atoms with Gasteiger partial charge in [0.15, 0.2) is 6.10 Å². The SMILES string of the molecule is CCc1nnc(CN(CC)C(=O)[C@H](C)Oc2cc(C)ccc2C)o1. The summed E-state index contributed by atoms with van der Waals surface area (Å²) >= 11 is 0. The summed E-state index contributed by atoms with van der Waals surface area (Å²) in [5, 5.41) is 7.90. The smallest absolute Gasteiger partial charge is 0.263 e. The lowest BCUT2D eigenvalue weighted by molar-refractivity contribution is -0.138. The molecule has 1 heterocycles. The predicted molar refractivity (Wildman–Crippen MR) is 90.8 cm³/mol. The van der Waals surface area contributed by atoms with Crippen molar-refractivity contribution in [2.24, 2.45) is 0 Å². The van der Waals surface area contributed by atoms with Crippen LogP contribution in [0.25, 0.3) is 0 Å². The molecule has 1 aromatic carbocycles. The van der Waals surface area contributed by atoms with Gasteiger partial charge in [-0.15, -0.1) is 10.2 Å². The highest BCUT2D eigenvalue weighted by atomic mass is 16.5. The van der Waals surface area contributed by atoms with Gasteiger partial charge in [-0.05, 0) is 44.9 Å². The molecule has 2 aromatic rings. The molecule has 2 rings (SSSR count). The molecule has 0 spiro atoms. The number of likely N-dealkylation sites (N-methyl/N-ethyl adjacent to an activating group) is 1. The van der Waals surface area contributed by atoms with Gasteiger partial charge >= 0.3 is 0 Å². The molecule has 0 N–H and O–H groups in total. The van der Waals surface area contributed by atoms with Crippen LogP contribution in [0.5, 0.6) is 5.75 Å². The number of amides is 1. The molecule has 0 unspecified atom stereocenters. The van der Waals surface area contributed by atoms with Crippen molar-refractivity contribution in [2.45, 2.75) is 53.7 Å². The van der Waals surface area contributed by atoms with Crippen molar-refractivity contribution in [2.75, 3.05) is 6.54 Å². The second kappa shape index (κ2) is 7.95. The summed E-state index contributed by atoms with van der Waals surface area (Å²) in [6.45, 7) is 10.4. The van der Waals surface area contributed by atoms with Crippen LogP contribution >= 0.6 is 0 Å². The zero-order valence-electron chi connectivity index (χ0n) is 15.0. The van der Waals surface area contributed by atoms with Gasteiger partial charge in [0.1, 0.15) is 5.75 Å². The number of hydrogen-bond acceptors (Lipinski definition) is 5. The molecule has 0 aliphatic rings. The van der Waals surface area contributed by atoms with Crippen LogP contribution in [0.2, 0.25) is 0 Å². The fourth-order valence-electron chi connectivity index (χ4n) is 2.34. The zero-order chi connectivity index (χ0) is 17.7. The summed E-state index contributed by atoms with van der Waals surface area (Å²) < 4.78 is 11.4. The van der Waals surface area contributed by atoms with Crippen molar-refractivity contribution in [3.63, 3.8) is 0 Å². The number of rotatable bonds is 7. The highest BCUT2D eigenvalue weighted by molar-refractivity contribution is 5.80. The Hall–Kier alpha value is -2.37. The van der Waals surface area contributed by atoms with Gasteiger partial charge in [0.25, 0.3) is 5.91 Å². The van der Waals surface area contributed by atoms with Gasteiger partial charge in [0, 0.05) is 13.0 Å². The van der Waals surface area contributed by atoms with E-state index >= 15 is 0 Å². The van der Waals surface area contributed by atoms with Crippen LogP contribution in [0.3, 0.4) is 0 Å². The van der Waals surface area contributed by atoms with E-state index in [0.717, 1.165) is 16.9 Å². The van der Waals surface area contributed by atoms with Crippen LogP contribution in [0.1, 0.15) is 43.7 Å². The molecule has 0 saturated carbocycles. The Morgan fingerprint density at radius 1 is 1.25 bits per heavy atom. The van der Waals surface area contributed by atoms with Crippen LogP contribution in [0.15, 0.2) is 22.6 Å². The fourth-order valence-corrected chi connectivity index (χ4v) is 2.34. The molecule has 6 heteroatoms.